The Hall–Kier alpha value is -0.550. The average Bonchev–Trinajstić information content (AvgIpc) is 2.44. The molecule has 4 nitrogen and oxygen atoms in total. The third kappa shape index (κ3) is 2.72. The zero-order chi connectivity index (χ0) is 10.7. The van der Waals surface area contributed by atoms with Crippen molar-refractivity contribution >= 4 is 33.4 Å². The molecule has 0 aliphatic heterocycles. The Morgan fingerprint density at radius 2 is 2.50 bits per heavy atom. The minimum atomic E-state index is -0.196. The summed E-state index contributed by atoms with van der Waals surface area (Å²) in [5.74, 6) is 0.667. The first-order valence-electron chi connectivity index (χ1n) is 4.10. The molecule has 1 heterocycles. The van der Waals surface area contributed by atoms with Gasteiger partial charge in [0.1, 0.15) is 11.0 Å². The number of amides is 1. The Balaban J connectivity index is 2.54. The summed E-state index contributed by atoms with van der Waals surface area (Å²) in [5.41, 5.74) is 0. The lowest BCUT2D eigenvalue weighted by molar-refractivity contribution is -0.120. The zero-order valence-corrected chi connectivity index (χ0v) is 10.3. The molecule has 1 amide bonds. The number of carbonyl (C=O) groups excluding carboxylic acids is 1. The van der Waals surface area contributed by atoms with E-state index < -0.39 is 0 Å². The third-order valence-electron chi connectivity index (χ3n) is 1.81. The first kappa shape index (κ1) is 11.5. The molecule has 0 spiro atoms. The van der Waals surface area contributed by atoms with Gasteiger partial charge in [0.25, 0.3) is 0 Å². The second-order valence-electron chi connectivity index (χ2n) is 2.89. The van der Waals surface area contributed by atoms with Crippen LogP contribution in [0.15, 0.2) is 6.20 Å². The first-order chi connectivity index (χ1) is 6.52. The first-order valence-corrected chi connectivity index (χ1v) is 5.39. The molecule has 0 radical (unpaired) electrons. The number of imidazole rings is 1. The summed E-state index contributed by atoms with van der Waals surface area (Å²) >= 11 is 8.96. The van der Waals surface area contributed by atoms with E-state index in [0.29, 0.717) is 11.7 Å². The van der Waals surface area contributed by atoms with Gasteiger partial charge in [-0.1, -0.05) is 27.5 Å². The van der Waals surface area contributed by atoms with Crippen LogP contribution in [0.25, 0.3) is 0 Å². The van der Waals surface area contributed by atoms with Crippen molar-refractivity contribution in [1.82, 2.24) is 14.9 Å². The van der Waals surface area contributed by atoms with Crippen LogP contribution < -0.4 is 5.32 Å². The number of hydrogen-bond acceptors (Lipinski definition) is 2. The number of hydrogen-bond donors (Lipinski definition) is 1. The van der Waals surface area contributed by atoms with Gasteiger partial charge in [-0.25, -0.2) is 4.98 Å². The molecular formula is C8H11BrClN3O. The van der Waals surface area contributed by atoms with Crippen molar-refractivity contribution in [3.63, 3.8) is 0 Å². The summed E-state index contributed by atoms with van der Waals surface area (Å²) in [7, 11) is 1.80. The molecule has 0 aromatic carbocycles. The number of alkyl halides is 1. The average molecular weight is 281 g/mol. The van der Waals surface area contributed by atoms with Gasteiger partial charge in [-0.15, -0.1) is 0 Å². The van der Waals surface area contributed by atoms with Crippen LogP contribution in [0, 0.1) is 0 Å². The van der Waals surface area contributed by atoms with E-state index in [1.165, 1.54) is 0 Å². The van der Waals surface area contributed by atoms with Crippen molar-refractivity contribution in [3.05, 3.63) is 17.2 Å². The van der Waals surface area contributed by atoms with Crippen LogP contribution >= 0.6 is 27.5 Å². The summed E-state index contributed by atoms with van der Waals surface area (Å²) in [6, 6.07) is 0. The molecule has 0 aliphatic rings. The monoisotopic (exact) mass is 279 g/mol. The van der Waals surface area contributed by atoms with Gasteiger partial charge in [0.2, 0.25) is 5.91 Å². The van der Waals surface area contributed by atoms with E-state index in [9.17, 15) is 4.79 Å². The highest BCUT2D eigenvalue weighted by molar-refractivity contribution is 9.10. The number of halogens is 2. The Morgan fingerprint density at radius 3 is 2.93 bits per heavy atom. The SMILES string of the molecule is CC(Br)C(=O)NCc1ncc(Cl)n1C. The highest BCUT2D eigenvalue weighted by Crippen LogP contribution is 2.08. The Bertz CT molecular complexity index is 337. The molecule has 1 rings (SSSR count). The van der Waals surface area contributed by atoms with Crippen molar-refractivity contribution < 1.29 is 4.79 Å². The molecule has 0 saturated heterocycles. The van der Waals surface area contributed by atoms with Crippen LogP contribution in [0.4, 0.5) is 0 Å². The summed E-state index contributed by atoms with van der Waals surface area (Å²) in [6.45, 7) is 2.15. The molecule has 0 bridgehead atoms. The molecule has 1 unspecified atom stereocenters. The maximum atomic E-state index is 11.2. The number of nitrogens with one attached hydrogen (secondary N) is 1. The molecule has 6 heteroatoms. The molecule has 78 valence electrons. The number of carbonyl (C=O) groups is 1. The van der Waals surface area contributed by atoms with Gasteiger partial charge in [-0.05, 0) is 6.92 Å². The van der Waals surface area contributed by atoms with Crippen LogP contribution in [0.5, 0.6) is 0 Å². The Morgan fingerprint density at radius 1 is 1.86 bits per heavy atom. The smallest absolute Gasteiger partial charge is 0.233 e. The fraction of sp³-hybridized carbons (Fsp3) is 0.500. The fourth-order valence-electron chi connectivity index (χ4n) is 0.895. The maximum absolute atomic E-state index is 11.2. The van der Waals surface area contributed by atoms with Crippen molar-refractivity contribution in [2.24, 2.45) is 7.05 Å². The highest BCUT2D eigenvalue weighted by atomic mass is 79.9. The predicted octanol–water partition coefficient (Wildman–Crippen LogP) is 1.47. The lowest BCUT2D eigenvalue weighted by Gasteiger charge is -2.06. The van der Waals surface area contributed by atoms with Gasteiger partial charge >= 0.3 is 0 Å². The van der Waals surface area contributed by atoms with E-state index >= 15 is 0 Å². The highest BCUT2D eigenvalue weighted by Gasteiger charge is 2.10. The van der Waals surface area contributed by atoms with Gasteiger partial charge in [0.15, 0.2) is 0 Å². The number of nitrogens with zero attached hydrogens (tertiary/aromatic N) is 2. The summed E-state index contributed by atoms with van der Waals surface area (Å²) in [5, 5.41) is 3.28. The van der Waals surface area contributed by atoms with Crippen molar-refractivity contribution in [1.29, 1.82) is 0 Å². The van der Waals surface area contributed by atoms with Gasteiger partial charge in [-0.2, -0.15) is 0 Å². The topological polar surface area (TPSA) is 46.9 Å². The zero-order valence-electron chi connectivity index (χ0n) is 7.92. The van der Waals surface area contributed by atoms with E-state index in [1.807, 2.05) is 0 Å². The molecular weight excluding hydrogens is 269 g/mol. The van der Waals surface area contributed by atoms with Crippen LogP contribution in [0.3, 0.4) is 0 Å². The molecule has 1 aromatic heterocycles. The Kier molecular flexibility index (Phi) is 3.95. The van der Waals surface area contributed by atoms with E-state index in [1.54, 1.807) is 24.7 Å². The minimum absolute atomic E-state index is 0.0656. The van der Waals surface area contributed by atoms with Gasteiger partial charge in [0.05, 0.1) is 17.6 Å². The standard InChI is InChI=1S/C8H11BrClN3O/c1-5(9)8(14)12-4-7-11-3-6(10)13(7)2/h3,5H,4H2,1-2H3,(H,12,14). The summed E-state index contributed by atoms with van der Waals surface area (Å²) < 4.78 is 1.72. The second-order valence-corrected chi connectivity index (χ2v) is 4.65. The predicted molar refractivity (Wildman–Crippen MR) is 58.5 cm³/mol. The van der Waals surface area contributed by atoms with Crippen LogP contribution in [-0.2, 0) is 18.4 Å². The molecule has 1 aromatic rings. The number of rotatable bonds is 3. The molecule has 14 heavy (non-hydrogen) atoms. The van der Waals surface area contributed by atoms with Crippen molar-refractivity contribution in [2.75, 3.05) is 0 Å². The lowest BCUT2D eigenvalue weighted by atomic mass is 10.4. The van der Waals surface area contributed by atoms with Crippen molar-refractivity contribution in [2.45, 2.75) is 18.3 Å². The third-order valence-corrected chi connectivity index (χ3v) is 2.58. The van der Waals surface area contributed by atoms with Crippen LogP contribution in [-0.4, -0.2) is 20.3 Å². The molecule has 0 aliphatic carbocycles. The second kappa shape index (κ2) is 4.79. The fourth-order valence-corrected chi connectivity index (χ4v) is 1.20. The van der Waals surface area contributed by atoms with Gasteiger partial charge < -0.3 is 9.88 Å². The van der Waals surface area contributed by atoms with E-state index in [0.717, 1.165) is 5.82 Å². The normalized spacial score (nSPS) is 12.6. The molecule has 0 saturated carbocycles. The van der Waals surface area contributed by atoms with Gasteiger partial charge in [0, 0.05) is 7.05 Å². The van der Waals surface area contributed by atoms with Crippen LogP contribution in [0.1, 0.15) is 12.7 Å². The molecule has 1 atom stereocenters. The van der Waals surface area contributed by atoms with Gasteiger partial charge in [-0.3, -0.25) is 4.79 Å². The van der Waals surface area contributed by atoms with Crippen molar-refractivity contribution in [3.8, 4) is 0 Å². The quantitative estimate of drug-likeness (QED) is 0.853. The van der Waals surface area contributed by atoms with Crippen LogP contribution in [0.2, 0.25) is 5.15 Å². The lowest BCUT2D eigenvalue weighted by Crippen LogP contribution is -2.29. The summed E-state index contributed by atoms with van der Waals surface area (Å²) in [4.78, 5) is 15.1. The van der Waals surface area contributed by atoms with E-state index in [4.69, 9.17) is 11.6 Å². The summed E-state index contributed by atoms with van der Waals surface area (Å²) in [6.07, 6.45) is 1.56. The number of aromatic nitrogens is 2. The van der Waals surface area contributed by atoms with E-state index in [-0.39, 0.29) is 10.7 Å². The Labute approximate surface area is 95.8 Å². The van der Waals surface area contributed by atoms with E-state index in [2.05, 4.69) is 26.2 Å². The maximum Gasteiger partial charge on any atom is 0.233 e. The molecule has 0 fully saturated rings. The minimum Gasteiger partial charge on any atom is -0.348 e. The molecule has 1 N–H and O–H groups in total. The largest absolute Gasteiger partial charge is 0.348 e.